The molecule has 0 saturated carbocycles. The number of nitrogens with one attached hydrogen (secondary N) is 1. The van der Waals surface area contributed by atoms with Crippen molar-refractivity contribution in [1.29, 1.82) is 0 Å². The van der Waals surface area contributed by atoms with Crippen LogP contribution in [-0.2, 0) is 11.2 Å². The quantitative estimate of drug-likeness (QED) is 0.397. The lowest BCUT2D eigenvalue weighted by Gasteiger charge is -2.37. The Balaban J connectivity index is 1.40. The second-order valence-corrected chi connectivity index (χ2v) is 8.39. The topological polar surface area (TPSA) is 71.8 Å². The second-order valence-electron chi connectivity index (χ2n) is 8.39. The van der Waals surface area contributed by atoms with E-state index in [9.17, 15) is 18.4 Å². The molecular weight excluding hydrogens is 466 g/mol. The van der Waals surface area contributed by atoms with Crippen molar-refractivity contribution >= 4 is 17.5 Å². The third-order valence-corrected chi connectivity index (χ3v) is 6.00. The first kappa shape index (κ1) is 23.3. The lowest BCUT2D eigenvalue weighted by Crippen LogP contribution is -2.40. The number of furan rings is 1. The third kappa shape index (κ3) is 4.98. The van der Waals surface area contributed by atoms with E-state index in [-0.39, 0.29) is 24.1 Å². The zero-order valence-electron chi connectivity index (χ0n) is 19.1. The van der Waals surface area contributed by atoms with E-state index in [1.807, 2.05) is 6.07 Å². The van der Waals surface area contributed by atoms with E-state index in [0.29, 0.717) is 24.4 Å². The summed E-state index contributed by atoms with van der Waals surface area (Å²) in [6, 6.07) is 19.8. The summed E-state index contributed by atoms with van der Waals surface area (Å²) in [5, 5.41) is 2.59. The third-order valence-electron chi connectivity index (χ3n) is 6.00. The van der Waals surface area contributed by atoms with Crippen molar-refractivity contribution in [3.8, 4) is 5.75 Å². The molecule has 1 unspecified atom stereocenters. The van der Waals surface area contributed by atoms with Gasteiger partial charge in [-0.15, -0.1) is 0 Å². The van der Waals surface area contributed by atoms with Crippen LogP contribution in [0.25, 0.3) is 0 Å². The van der Waals surface area contributed by atoms with E-state index in [1.54, 1.807) is 47.4 Å². The van der Waals surface area contributed by atoms with Gasteiger partial charge in [-0.25, -0.2) is 8.78 Å². The van der Waals surface area contributed by atoms with Gasteiger partial charge in [0, 0.05) is 12.2 Å². The first-order valence-electron chi connectivity index (χ1n) is 11.4. The lowest BCUT2D eigenvalue weighted by atomic mass is 9.87. The van der Waals surface area contributed by atoms with Crippen molar-refractivity contribution in [2.75, 3.05) is 18.5 Å². The fourth-order valence-corrected chi connectivity index (χ4v) is 4.36. The fraction of sp³-hybridized carbons (Fsp3) is 0.143. The van der Waals surface area contributed by atoms with Gasteiger partial charge in [0.2, 0.25) is 0 Å². The molecule has 2 heterocycles. The first-order chi connectivity index (χ1) is 17.5. The predicted molar refractivity (Wildman–Crippen MR) is 129 cm³/mol. The molecule has 0 aliphatic carbocycles. The smallest absolute Gasteiger partial charge is 0.290 e. The van der Waals surface area contributed by atoms with E-state index < -0.39 is 17.8 Å². The van der Waals surface area contributed by atoms with E-state index in [2.05, 4.69) is 5.32 Å². The Morgan fingerprint density at radius 2 is 1.81 bits per heavy atom. The number of hydrogen-bond acceptors (Lipinski definition) is 4. The monoisotopic (exact) mass is 488 g/mol. The van der Waals surface area contributed by atoms with Crippen LogP contribution in [0.2, 0.25) is 0 Å². The zero-order valence-corrected chi connectivity index (χ0v) is 19.1. The molecule has 1 aromatic heterocycles. The van der Waals surface area contributed by atoms with Gasteiger partial charge < -0.3 is 19.4 Å². The fourth-order valence-electron chi connectivity index (χ4n) is 4.36. The normalized spacial score (nSPS) is 14.7. The van der Waals surface area contributed by atoms with Gasteiger partial charge in [-0.3, -0.25) is 9.59 Å². The highest BCUT2D eigenvalue weighted by molar-refractivity contribution is 5.92. The molecule has 0 fully saturated rings. The highest BCUT2D eigenvalue weighted by Crippen LogP contribution is 2.38. The molecule has 0 bridgehead atoms. The minimum Gasteiger partial charge on any atom is -0.484 e. The summed E-state index contributed by atoms with van der Waals surface area (Å²) in [6.45, 7) is 0.163. The molecule has 0 spiro atoms. The average Bonchev–Trinajstić information content (AvgIpc) is 3.42. The number of carbonyl (C=O) groups excluding carboxylic acids is 2. The Morgan fingerprint density at radius 3 is 2.56 bits per heavy atom. The van der Waals surface area contributed by atoms with Crippen molar-refractivity contribution in [1.82, 2.24) is 4.90 Å². The molecular formula is C28H22F2N2O4. The van der Waals surface area contributed by atoms with Crippen molar-refractivity contribution in [3.05, 3.63) is 119 Å². The molecule has 1 atom stereocenters. The number of hydrogen-bond donors (Lipinski definition) is 1. The van der Waals surface area contributed by atoms with Crippen LogP contribution in [0.4, 0.5) is 14.5 Å². The van der Waals surface area contributed by atoms with Crippen LogP contribution in [-0.4, -0.2) is 29.9 Å². The summed E-state index contributed by atoms with van der Waals surface area (Å²) in [7, 11) is 0. The minimum atomic E-state index is -0.503. The van der Waals surface area contributed by atoms with Gasteiger partial charge in [0.25, 0.3) is 11.8 Å². The standard InChI is InChI=1S/C28H22F2N2O4/c29-20-9-6-19(7-10-20)27-24-16-23(36-17-26(33)31-22-4-1-3-21(30)15-22)11-8-18(24)12-13-32(27)28(34)25-5-2-14-35-25/h1-11,14-16,27H,12-13,17H2,(H,31,33). The number of nitrogens with zero attached hydrogens (tertiary/aromatic N) is 1. The predicted octanol–water partition coefficient (Wildman–Crippen LogP) is 5.36. The van der Waals surface area contributed by atoms with Crippen LogP contribution in [0.1, 0.15) is 33.3 Å². The molecule has 36 heavy (non-hydrogen) atoms. The average molecular weight is 488 g/mol. The zero-order chi connectivity index (χ0) is 25.1. The summed E-state index contributed by atoms with van der Waals surface area (Å²) >= 11 is 0. The van der Waals surface area contributed by atoms with Gasteiger partial charge >= 0.3 is 0 Å². The highest BCUT2D eigenvalue weighted by Gasteiger charge is 2.34. The van der Waals surface area contributed by atoms with Crippen molar-refractivity contribution in [2.45, 2.75) is 12.5 Å². The maximum atomic E-state index is 13.7. The molecule has 1 N–H and O–H groups in total. The van der Waals surface area contributed by atoms with E-state index in [1.165, 1.54) is 36.6 Å². The molecule has 5 rings (SSSR count). The maximum absolute atomic E-state index is 13.7. The number of rotatable bonds is 6. The molecule has 2 amide bonds. The number of halogens is 2. The summed E-state index contributed by atoms with van der Waals surface area (Å²) < 4.78 is 38.1. The molecule has 0 radical (unpaired) electrons. The van der Waals surface area contributed by atoms with Gasteiger partial charge in [0.05, 0.1) is 12.3 Å². The Labute approximate surface area is 206 Å². The minimum absolute atomic E-state index is 0.215. The number of benzene rings is 3. The van der Waals surface area contributed by atoms with Crippen molar-refractivity contribution < 1.29 is 27.5 Å². The molecule has 6 nitrogen and oxygen atoms in total. The number of carbonyl (C=O) groups is 2. The number of amides is 2. The maximum Gasteiger partial charge on any atom is 0.290 e. The number of fused-ring (bicyclic) bond motifs is 1. The van der Waals surface area contributed by atoms with Crippen LogP contribution in [0.15, 0.2) is 89.5 Å². The van der Waals surface area contributed by atoms with Crippen LogP contribution in [0, 0.1) is 11.6 Å². The van der Waals surface area contributed by atoms with E-state index >= 15 is 0 Å². The lowest BCUT2D eigenvalue weighted by molar-refractivity contribution is -0.118. The van der Waals surface area contributed by atoms with Crippen LogP contribution in [0.3, 0.4) is 0 Å². The molecule has 182 valence electrons. The Kier molecular flexibility index (Phi) is 6.49. The van der Waals surface area contributed by atoms with Crippen molar-refractivity contribution in [2.24, 2.45) is 0 Å². The molecule has 1 aliphatic heterocycles. The Bertz CT molecular complexity index is 1390. The van der Waals surface area contributed by atoms with Gasteiger partial charge in [-0.05, 0) is 77.7 Å². The summed E-state index contributed by atoms with van der Waals surface area (Å²) in [4.78, 5) is 27.3. The van der Waals surface area contributed by atoms with Crippen LogP contribution < -0.4 is 10.1 Å². The second kappa shape index (κ2) is 10.0. The number of ether oxygens (including phenoxy) is 1. The molecule has 1 aliphatic rings. The van der Waals surface area contributed by atoms with Gasteiger partial charge in [-0.1, -0.05) is 24.3 Å². The Morgan fingerprint density at radius 1 is 0.972 bits per heavy atom. The largest absolute Gasteiger partial charge is 0.484 e. The van der Waals surface area contributed by atoms with Crippen LogP contribution in [0.5, 0.6) is 5.75 Å². The van der Waals surface area contributed by atoms with E-state index in [0.717, 1.165) is 16.7 Å². The Hall–Kier alpha value is -4.46. The summed E-state index contributed by atoms with van der Waals surface area (Å²) in [5.41, 5.74) is 2.90. The van der Waals surface area contributed by atoms with Crippen molar-refractivity contribution in [3.63, 3.8) is 0 Å². The first-order valence-corrected chi connectivity index (χ1v) is 11.4. The van der Waals surface area contributed by atoms with E-state index in [4.69, 9.17) is 9.15 Å². The SMILES string of the molecule is O=C(COc1ccc2c(c1)C(c1ccc(F)cc1)N(C(=O)c1ccco1)CC2)Nc1cccc(F)c1. The molecule has 8 heteroatoms. The molecule has 3 aromatic carbocycles. The summed E-state index contributed by atoms with van der Waals surface area (Å²) in [6.07, 6.45) is 2.05. The molecule has 0 saturated heterocycles. The van der Waals surface area contributed by atoms with Gasteiger partial charge in [0.15, 0.2) is 12.4 Å². The van der Waals surface area contributed by atoms with Crippen LogP contribution >= 0.6 is 0 Å². The highest BCUT2D eigenvalue weighted by atomic mass is 19.1. The summed E-state index contributed by atoms with van der Waals surface area (Å²) in [5.74, 6) is -0.901. The van der Waals surface area contributed by atoms with Gasteiger partial charge in [-0.2, -0.15) is 0 Å². The van der Waals surface area contributed by atoms with Gasteiger partial charge in [0.1, 0.15) is 17.4 Å². The molecule has 4 aromatic rings. The number of anilines is 1.